The summed E-state index contributed by atoms with van der Waals surface area (Å²) in [6, 6.07) is 6.11. The van der Waals surface area contributed by atoms with Crippen molar-refractivity contribution in [3.05, 3.63) is 53.1 Å². The fraction of sp³-hybridized carbons (Fsp3) is 0.444. The van der Waals surface area contributed by atoms with E-state index >= 15 is 0 Å². The fourth-order valence-corrected chi connectivity index (χ4v) is 4.52. The quantitative estimate of drug-likeness (QED) is 0.416. The van der Waals surface area contributed by atoms with E-state index in [0.717, 1.165) is 44.9 Å². The van der Waals surface area contributed by atoms with E-state index in [4.69, 9.17) is 14.6 Å². The first kappa shape index (κ1) is 28.0. The van der Waals surface area contributed by atoms with Crippen LogP contribution in [-0.4, -0.2) is 36.1 Å². The predicted octanol–water partition coefficient (Wildman–Crippen LogP) is 6.55. The van der Waals surface area contributed by atoms with Gasteiger partial charge in [-0.25, -0.2) is 9.59 Å². The fourth-order valence-electron chi connectivity index (χ4n) is 4.52. The van der Waals surface area contributed by atoms with Crippen LogP contribution in [0.25, 0.3) is 0 Å². The first-order valence-electron chi connectivity index (χ1n) is 12.0. The summed E-state index contributed by atoms with van der Waals surface area (Å²) in [5.74, 6) is -2.81. The summed E-state index contributed by atoms with van der Waals surface area (Å²) in [5, 5.41) is 9.07. The lowest BCUT2D eigenvalue weighted by Crippen LogP contribution is -2.43. The molecule has 1 saturated carbocycles. The van der Waals surface area contributed by atoms with Crippen molar-refractivity contribution in [2.45, 2.75) is 58.7 Å². The molecule has 0 heterocycles. The zero-order valence-corrected chi connectivity index (χ0v) is 21.1. The van der Waals surface area contributed by atoms with E-state index in [1.165, 1.54) is 23.1 Å². The van der Waals surface area contributed by atoms with Crippen LogP contribution in [0.5, 0.6) is 11.5 Å². The van der Waals surface area contributed by atoms with Crippen LogP contribution in [0.3, 0.4) is 0 Å². The number of halogens is 3. The number of anilines is 1. The SMILES string of the molecule is COC(=O)c1cc(Oc2ccc(C(=O)O)cc2C(F)(F)F)ccc1N(C(=O)[C@H]1CC[C@H](C)CC1)C(C)C. The molecule has 2 aromatic carbocycles. The Labute approximate surface area is 213 Å². The molecule has 0 atom stereocenters. The molecule has 1 amide bonds. The van der Waals surface area contributed by atoms with E-state index in [2.05, 4.69) is 6.92 Å². The smallest absolute Gasteiger partial charge is 0.420 e. The maximum absolute atomic E-state index is 13.6. The van der Waals surface area contributed by atoms with Gasteiger partial charge in [0.1, 0.15) is 11.5 Å². The molecule has 0 aromatic heterocycles. The molecule has 0 saturated heterocycles. The van der Waals surface area contributed by atoms with Gasteiger partial charge in [-0.1, -0.05) is 6.92 Å². The number of hydrogen-bond acceptors (Lipinski definition) is 5. The van der Waals surface area contributed by atoms with Gasteiger partial charge in [0, 0.05) is 12.0 Å². The average Bonchev–Trinajstić information content (AvgIpc) is 2.84. The Hall–Kier alpha value is -3.56. The Bertz CT molecular complexity index is 1170. The third kappa shape index (κ3) is 6.42. The van der Waals surface area contributed by atoms with E-state index in [1.54, 1.807) is 0 Å². The molecule has 10 heteroatoms. The number of carboxylic acids is 1. The molecule has 0 aliphatic heterocycles. The number of hydrogen-bond donors (Lipinski definition) is 1. The zero-order valence-electron chi connectivity index (χ0n) is 21.1. The van der Waals surface area contributed by atoms with Gasteiger partial charge in [0.15, 0.2) is 0 Å². The van der Waals surface area contributed by atoms with E-state index in [0.29, 0.717) is 12.0 Å². The first-order chi connectivity index (χ1) is 17.3. The number of carboxylic acid groups (broad SMARTS) is 1. The summed E-state index contributed by atoms with van der Waals surface area (Å²) < 4.78 is 51.2. The lowest BCUT2D eigenvalue weighted by Gasteiger charge is -2.34. The second kappa shape index (κ2) is 11.2. The van der Waals surface area contributed by atoms with Crippen LogP contribution < -0.4 is 9.64 Å². The van der Waals surface area contributed by atoms with Crippen molar-refractivity contribution in [2.75, 3.05) is 12.0 Å². The minimum atomic E-state index is -4.88. The van der Waals surface area contributed by atoms with E-state index < -0.39 is 35.0 Å². The molecule has 2 aromatic rings. The first-order valence-corrected chi connectivity index (χ1v) is 12.0. The highest BCUT2D eigenvalue weighted by molar-refractivity contribution is 6.04. The van der Waals surface area contributed by atoms with Gasteiger partial charge in [-0.15, -0.1) is 0 Å². The van der Waals surface area contributed by atoms with Crippen LogP contribution in [0.2, 0.25) is 0 Å². The van der Waals surface area contributed by atoms with Gasteiger partial charge in [-0.3, -0.25) is 4.79 Å². The van der Waals surface area contributed by atoms with Gasteiger partial charge in [-0.05, 0) is 81.8 Å². The highest BCUT2D eigenvalue weighted by Gasteiger charge is 2.36. The Morgan fingerprint density at radius 1 is 1.03 bits per heavy atom. The number of aromatic carboxylic acids is 1. The standard InChI is InChI=1S/C27H30F3NO6/c1-15(2)31(24(32)17-7-5-16(3)6-8-17)22-11-10-19(14-20(22)26(35)36-4)37-23-12-9-18(25(33)34)13-21(23)27(28,29)30/h9-17H,5-8H2,1-4H3,(H,33,34)/t16-,17-. The predicted molar refractivity (Wildman–Crippen MR) is 130 cm³/mol. The number of alkyl halides is 3. The lowest BCUT2D eigenvalue weighted by molar-refractivity contribution is -0.138. The lowest BCUT2D eigenvalue weighted by atomic mass is 9.82. The molecule has 1 aliphatic rings. The number of carbonyl (C=O) groups is 3. The number of nitrogens with zero attached hydrogens (tertiary/aromatic N) is 1. The number of methoxy groups -OCH3 is 1. The number of amides is 1. The largest absolute Gasteiger partial charge is 0.478 e. The molecule has 0 bridgehead atoms. The Morgan fingerprint density at radius 2 is 1.68 bits per heavy atom. The topological polar surface area (TPSA) is 93.1 Å². The molecule has 0 spiro atoms. The molecular weight excluding hydrogens is 491 g/mol. The molecule has 1 fully saturated rings. The Kier molecular flexibility index (Phi) is 8.50. The zero-order chi connectivity index (χ0) is 27.5. The maximum Gasteiger partial charge on any atom is 0.420 e. The highest BCUT2D eigenvalue weighted by Crippen LogP contribution is 2.40. The number of rotatable bonds is 7. The minimum absolute atomic E-state index is 0.0399. The maximum atomic E-state index is 13.6. The van der Waals surface area contributed by atoms with Crippen LogP contribution >= 0.6 is 0 Å². The van der Waals surface area contributed by atoms with Crippen molar-refractivity contribution >= 4 is 23.5 Å². The molecule has 7 nitrogen and oxygen atoms in total. The van der Waals surface area contributed by atoms with Gasteiger partial charge in [0.25, 0.3) is 0 Å². The van der Waals surface area contributed by atoms with Gasteiger partial charge in [-0.2, -0.15) is 13.2 Å². The second-order valence-electron chi connectivity index (χ2n) is 9.55. The molecule has 0 radical (unpaired) electrons. The number of carbonyl (C=O) groups excluding carboxylic acids is 2. The van der Waals surface area contributed by atoms with Gasteiger partial charge < -0.3 is 19.5 Å². The Morgan fingerprint density at radius 3 is 2.22 bits per heavy atom. The molecule has 0 unspecified atom stereocenters. The van der Waals surface area contributed by atoms with E-state index in [1.807, 2.05) is 13.8 Å². The van der Waals surface area contributed by atoms with Gasteiger partial charge >= 0.3 is 18.1 Å². The van der Waals surface area contributed by atoms with Crippen LogP contribution in [0.15, 0.2) is 36.4 Å². The number of ether oxygens (including phenoxy) is 2. The summed E-state index contributed by atoms with van der Waals surface area (Å²) in [6.45, 7) is 5.78. The van der Waals surface area contributed by atoms with Crippen LogP contribution in [0.4, 0.5) is 18.9 Å². The number of benzene rings is 2. The molecule has 3 rings (SSSR count). The van der Waals surface area contributed by atoms with Crippen molar-refractivity contribution < 1.29 is 42.1 Å². The second-order valence-corrected chi connectivity index (χ2v) is 9.55. The molecule has 1 aliphatic carbocycles. The minimum Gasteiger partial charge on any atom is -0.478 e. The van der Waals surface area contributed by atoms with Crippen LogP contribution in [0, 0.1) is 11.8 Å². The Balaban J connectivity index is 2.02. The summed E-state index contributed by atoms with van der Waals surface area (Å²) in [6.07, 6.45) is -1.54. The van der Waals surface area contributed by atoms with Crippen molar-refractivity contribution in [3.8, 4) is 11.5 Å². The van der Waals surface area contributed by atoms with E-state index in [-0.39, 0.29) is 34.9 Å². The average molecular weight is 522 g/mol. The molecular formula is C27H30F3NO6. The molecule has 200 valence electrons. The third-order valence-electron chi connectivity index (χ3n) is 6.51. The normalized spacial score (nSPS) is 17.8. The summed E-state index contributed by atoms with van der Waals surface area (Å²) in [5.41, 5.74) is -1.59. The van der Waals surface area contributed by atoms with Crippen molar-refractivity contribution in [2.24, 2.45) is 11.8 Å². The highest BCUT2D eigenvalue weighted by atomic mass is 19.4. The summed E-state index contributed by atoms with van der Waals surface area (Å²) >= 11 is 0. The molecule has 37 heavy (non-hydrogen) atoms. The van der Waals surface area contributed by atoms with Crippen molar-refractivity contribution in [3.63, 3.8) is 0 Å². The monoisotopic (exact) mass is 521 g/mol. The summed E-state index contributed by atoms with van der Waals surface area (Å²) in [4.78, 5) is 38.9. The van der Waals surface area contributed by atoms with Gasteiger partial charge in [0.2, 0.25) is 5.91 Å². The number of esters is 1. The third-order valence-corrected chi connectivity index (χ3v) is 6.51. The summed E-state index contributed by atoms with van der Waals surface area (Å²) in [7, 11) is 1.16. The molecule has 1 N–H and O–H groups in total. The van der Waals surface area contributed by atoms with Crippen LogP contribution in [0.1, 0.15) is 72.7 Å². The van der Waals surface area contributed by atoms with E-state index in [9.17, 15) is 27.6 Å². The van der Waals surface area contributed by atoms with Crippen molar-refractivity contribution in [1.82, 2.24) is 0 Å². The van der Waals surface area contributed by atoms with Gasteiger partial charge in [0.05, 0.1) is 29.5 Å². The van der Waals surface area contributed by atoms with Crippen LogP contribution in [-0.2, 0) is 15.7 Å². The van der Waals surface area contributed by atoms with Crippen molar-refractivity contribution in [1.29, 1.82) is 0 Å².